The highest BCUT2D eigenvalue weighted by molar-refractivity contribution is 5.85. The van der Waals surface area contributed by atoms with Crippen molar-refractivity contribution < 1.29 is 29.3 Å². The van der Waals surface area contributed by atoms with Crippen molar-refractivity contribution in [3.8, 4) is 28.7 Å². The number of oxime groups is 1. The lowest BCUT2D eigenvalue weighted by molar-refractivity contribution is 0.170. The molecule has 0 radical (unpaired) electrons. The van der Waals surface area contributed by atoms with Crippen LogP contribution in [0.1, 0.15) is 35.6 Å². The summed E-state index contributed by atoms with van der Waals surface area (Å²) in [4.78, 5) is 2.25. The normalized spacial score (nSPS) is 18.0. The van der Waals surface area contributed by atoms with Crippen molar-refractivity contribution in [3.63, 3.8) is 0 Å². The number of benzene rings is 2. The first-order chi connectivity index (χ1) is 15.0. The lowest BCUT2D eigenvalue weighted by Gasteiger charge is -2.36. The lowest BCUT2D eigenvalue weighted by atomic mass is 9.87. The summed E-state index contributed by atoms with van der Waals surface area (Å²) in [6, 6.07) is 7.30. The molecule has 166 valence electrons. The molecule has 0 fully saturated rings. The smallest absolute Gasteiger partial charge is 0.231 e. The fourth-order valence-electron chi connectivity index (χ4n) is 4.37. The van der Waals surface area contributed by atoms with E-state index in [1.165, 1.54) is 12.7 Å². The third-order valence-electron chi connectivity index (χ3n) is 6.06. The number of likely N-dealkylation sites (N-methyl/N-ethyl adjacent to an activating group) is 1. The van der Waals surface area contributed by atoms with Gasteiger partial charge in [0.25, 0.3) is 0 Å². The van der Waals surface area contributed by atoms with E-state index in [-0.39, 0.29) is 18.6 Å². The Morgan fingerprint density at radius 1 is 1.23 bits per heavy atom. The molecule has 8 heteroatoms. The summed E-state index contributed by atoms with van der Waals surface area (Å²) < 4.78 is 22.2. The predicted molar refractivity (Wildman–Crippen MR) is 115 cm³/mol. The average Bonchev–Trinajstić information content (AvgIpc) is 3.25. The molecule has 0 unspecified atom stereocenters. The molecule has 2 aliphatic heterocycles. The molecule has 31 heavy (non-hydrogen) atoms. The third kappa shape index (κ3) is 4.07. The van der Waals surface area contributed by atoms with Crippen LogP contribution in [0.2, 0.25) is 0 Å². The zero-order chi connectivity index (χ0) is 22.0. The van der Waals surface area contributed by atoms with Crippen LogP contribution in [0.5, 0.6) is 28.7 Å². The largest absolute Gasteiger partial charge is 0.504 e. The zero-order valence-corrected chi connectivity index (χ0v) is 18.1. The van der Waals surface area contributed by atoms with Gasteiger partial charge in [0.1, 0.15) is 0 Å². The van der Waals surface area contributed by atoms with E-state index in [4.69, 9.17) is 18.9 Å². The highest BCUT2D eigenvalue weighted by Gasteiger charge is 2.34. The summed E-state index contributed by atoms with van der Waals surface area (Å²) in [6.45, 7) is 1.07. The fraction of sp³-hybridized carbons (Fsp3) is 0.435. The van der Waals surface area contributed by atoms with Gasteiger partial charge >= 0.3 is 0 Å². The van der Waals surface area contributed by atoms with E-state index in [1.807, 2.05) is 12.1 Å². The average molecular weight is 428 g/mol. The second-order valence-electron chi connectivity index (χ2n) is 7.84. The molecule has 0 aliphatic carbocycles. The maximum atomic E-state index is 9.79. The minimum absolute atomic E-state index is 0.00606. The molecule has 0 saturated heterocycles. The van der Waals surface area contributed by atoms with Gasteiger partial charge in [0.05, 0.1) is 19.9 Å². The molecule has 0 bridgehead atoms. The molecular formula is C23H28N2O6. The predicted octanol–water partition coefficient (Wildman–Crippen LogP) is 3.52. The van der Waals surface area contributed by atoms with Crippen LogP contribution in [-0.2, 0) is 12.8 Å². The van der Waals surface area contributed by atoms with Gasteiger partial charge < -0.3 is 29.3 Å². The van der Waals surface area contributed by atoms with Crippen LogP contribution in [0, 0.1) is 0 Å². The fourth-order valence-corrected chi connectivity index (χ4v) is 4.37. The monoisotopic (exact) mass is 428 g/mol. The zero-order valence-electron chi connectivity index (χ0n) is 18.1. The first-order valence-electron chi connectivity index (χ1n) is 10.3. The number of hydrogen-bond acceptors (Lipinski definition) is 8. The van der Waals surface area contributed by atoms with Gasteiger partial charge in [-0.3, -0.25) is 4.90 Å². The Balaban J connectivity index is 1.56. The standard InChI is InChI=1S/C23H28N2O6/c1-25-9-8-15-11-20-22(31-13-30-20)23(29-3)21(15)17(25)12-16(24-27)6-4-14-5-7-18(26)19(10-14)28-2/h5,7,10-11,17,26-27H,4,6,8-9,12-13H2,1-3H3/b24-16-/t17-/m1/s1. The maximum Gasteiger partial charge on any atom is 0.231 e. The molecule has 8 nitrogen and oxygen atoms in total. The van der Waals surface area contributed by atoms with E-state index < -0.39 is 0 Å². The Kier molecular flexibility index (Phi) is 6.08. The number of hydrogen-bond donors (Lipinski definition) is 2. The number of phenols is 1. The van der Waals surface area contributed by atoms with Gasteiger partial charge in [-0.25, -0.2) is 0 Å². The summed E-state index contributed by atoms with van der Waals surface area (Å²) in [6.07, 6.45) is 2.69. The van der Waals surface area contributed by atoms with Gasteiger partial charge in [-0.2, -0.15) is 0 Å². The number of methoxy groups -OCH3 is 2. The van der Waals surface area contributed by atoms with Crippen LogP contribution in [0.15, 0.2) is 29.4 Å². The van der Waals surface area contributed by atoms with Crippen LogP contribution in [0.3, 0.4) is 0 Å². The van der Waals surface area contributed by atoms with Crippen molar-refractivity contribution in [3.05, 3.63) is 41.0 Å². The van der Waals surface area contributed by atoms with Crippen LogP contribution in [-0.4, -0.2) is 55.5 Å². The third-order valence-corrected chi connectivity index (χ3v) is 6.06. The van der Waals surface area contributed by atoms with Gasteiger partial charge in [-0.05, 0) is 55.6 Å². The van der Waals surface area contributed by atoms with Crippen molar-refractivity contribution in [2.45, 2.75) is 31.7 Å². The van der Waals surface area contributed by atoms with Crippen LogP contribution < -0.4 is 18.9 Å². The van der Waals surface area contributed by atoms with Crippen LogP contribution in [0.4, 0.5) is 0 Å². The molecule has 1 atom stereocenters. The molecule has 0 spiro atoms. The summed E-state index contributed by atoms with van der Waals surface area (Å²) in [7, 11) is 5.23. The van der Waals surface area contributed by atoms with Crippen LogP contribution >= 0.6 is 0 Å². The van der Waals surface area contributed by atoms with Gasteiger partial charge in [-0.15, -0.1) is 0 Å². The topological polar surface area (TPSA) is 93.0 Å². The Hall–Kier alpha value is -3.13. The van der Waals surface area contributed by atoms with Crippen LogP contribution in [0.25, 0.3) is 0 Å². The first-order valence-corrected chi connectivity index (χ1v) is 10.3. The van der Waals surface area contributed by atoms with Gasteiger partial charge in [0.15, 0.2) is 23.0 Å². The van der Waals surface area contributed by atoms with E-state index in [0.717, 1.165) is 29.8 Å². The van der Waals surface area contributed by atoms with Gasteiger partial charge in [0.2, 0.25) is 12.5 Å². The Morgan fingerprint density at radius 3 is 2.81 bits per heavy atom. The van der Waals surface area contributed by atoms with E-state index in [9.17, 15) is 10.3 Å². The van der Waals surface area contributed by atoms with E-state index >= 15 is 0 Å². The second-order valence-corrected chi connectivity index (χ2v) is 7.84. The molecule has 4 rings (SSSR count). The van der Waals surface area contributed by atoms with Crippen molar-refractivity contribution in [1.82, 2.24) is 4.90 Å². The summed E-state index contributed by atoms with van der Waals surface area (Å²) in [5.41, 5.74) is 3.92. The maximum absolute atomic E-state index is 9.79. The Bertz CT molecular complexity index is 991. The van der Waals surface area contributed by atoms with E-state index in [1.54, 1.807) is 19.2 Å². The second kappa shape index (κ2) is 8.93. The SMILES string of the molecule is COc1cc(CC/C(C[C@@H]2c3c(cc4c(c3OC)OCO4)CCN2C)=N/O)ccc1O. The summed E-state index contributed by atoms with van der Waals surface area (Å²) in [5.74, 6) is 2.59. The highest BCUT2D eigenvalue weighted by Crippen LogP contribution is 2.50. The van der Waals surface area contributed by atoms with Gasteiger partial charge in [0, 0.05) is 24.6 Å². The molecule has 0 saturated carbocycles. The lowest BCUT2D eigenvalue weighted by Crippen LogP contribution is -2.34. The Morgan fingerprint density at radius 2 is 2.06 bits per heavy atom. The number of rotatable bonds is 7. The molecule has 2 heterocycles. The number of nitrogens with zero attached hydrogens (tertiary/aromatic N) is 2. The van der Waals surface area contributed by atoms with Crippen molar-refractivity contribution in [1.29, 1.82) is 0 Å². The van der Waals surface area contributed by atoms with Crippen molar-refractivity contribution in [2.24, 2.45) is 5.16 Å². The molecule has 0 amide bonds. The molecule has 2 N–H and O–H groups in total. The Labute approximate surface area is 181 Å². The minimum Gasteiger partial charge on any atom is -0.504 e. The van der Waals surface area contributed by atoms with Gasteiger partial charge in [-0.1, -0.05) is 11.2 Å². The minimum atomic E-state index is -0.00606. The number of aryl methyl sites for hydroxylation is 1. The number of ether oxygens (including phenoxy) is 4. The first kappa shape index (κ1) is 21.1. The van der Waals surface area contributed by atoms with Crippen molar-refractivity contribution in [2.75, 3.05) is 34.6 Å². The van der Waals surface area contributed by atoms with E-state index in [2.05, 4.69) is 17.1 Å². The number of aromatic hydroxyl groups is 1. The molecule has 2 aromatic rings. The number of fused-ring (bicyclic) bond motifs is 2. The molecule has 2 aliphatic rings. The summed E-state index contributed by atoms with van der Waals surface area (Å²) in [5, 5.41) is 23.1. The quantitative estimate of drug-likeness (QED) is 0.396. The molecule has 0 aromatic heterocycles. The molecule has 2 aromatic carbocycles. The molecular weight excluding hydrogens is 400 g/mol. The summed E-state index contributed by atoms with van der Waals surface area (Å²) >= 11 is 0. The highest BCUT2D eigenvalue weighted by atomic mass is 16.7. The van der Waals surface area contributed by atoms with Crippen molar-refractivity contribution >= 4 is 5.71 Å². The number of phenolic OH excluding ortho intramolecular Hbond substituents is 1. The van der Waals surface area contributed by atoms with E-state index in [0.29, 0.717) is 42.2 Å².